The minimum atomic E-state index is 0.684. The van der Waals surface area contributed by atoms with Crippen molar-refractivity contribution in [3.8, 4) is 35.5 Å². The number of hydrogen-bond donors (Lipinski definition) is 0. The summed E-state index contributed by atoms with van der Waals surface area (Å²) in [7, 11) is 0. The lowest BCUT2D eigenvalue weighted by Gasteiger charge is -2.05. The number of nitrogens with zero attached hydrogens (tertiary/aromatic N) is 1. The van der Waals surface area contributed by atoms with E-state index in [1.807, 2.05) is 68.4 Å². The van der Waals surface area contributed by atoms with Gasteiger partial charge in [-0.15, -0.1) is 0 Å². The molecule has 3 aromatic carbocycles. The van der Waals surface area contributed by atoms with Crippen molar-refractivity contribution in [1.29, 1.82) is 5.26 Å². The standard InChI is InChI=1S/C30H27NO/c1-4-5-6-19-32-30-17-12-25(13-18-30)7-8-26-9-14-28(23(2)20-26)15-10-27-11-16-29(22-31)24(3)21-27/h9,11-14,16-18,20-21H,4-6,19H2,1-3H3. The molecule has 0 saturated heterocycles. The van der Waals surface area contributed by atoms with Gasteiger partial charge in [-0.05, 0) is 92.1 Å². The molecular weight excluding hydrogens is 390 g/mol. The molecule has 2 heteroatoms. The second-order valence-electron chi connectivity index (χ2n) is 7.75. The average Bonchev–Trinajstić information content (AvgIpc) is 2.81. The van der Waals surface area contributed by atoms with Crippen LogP contribution in [0.2, 0.25) is 0 Å². The summed E-state index contributed by atoms with van der Waals surface area (Å²) < 4.78 is 5.75. The lowest BCUT2D eigenvalue weighted by molar-refractivity contribution is 0.306. The van der Waals surface area contributed by atoms with Crippen LogP contribution in [0.5, 0.6) is 5.75 Å². The topological polar surface area (TPSA) is 33.0 Å². The molecule has 0 radical (unpaired) electrons. The minimum absolute atomic E-state index is 0.684. The predicted octanol–water partition coefficient (Wildman–Crippen LogP) is 6.54. The lowest BCUT2D eigenvalue weighted by Crippen LogP contribution is -1.96. The van der Waals surface area contributed by atoms with Crippen molar-refractivity contribution < 1.29 is 4.74 Å². The first-order chi connectivity index (χ1) is 15.6. The van der Waals surface area contributed by atoms with Crippen LogP contribution in [-0.4, -0.2) is 6.61 Å². The Labute approximate surface area is 191 Å². The van der Waals surface area contributed by atoms with Gasteiger partial charge in [0.15, 0.2) is 0 Å². The van der Waals surface area contributed by atoms with Gasteiger partial charge in [0.05, 0.1) is 18.2 Å². The van der Waals surface area contributed by atoms with E-state index in [1.54, 1.807) is 0 Å². The Balaban J connectivity index is 1.66. The first-order valence-corrected chi connectivity index (χ1v) is 11.0. The Bertz CT molecular complexity index is 1240. The molecule has 0 spiro atoms. The molecule has 0 saturated carbocycles. The van der Waals surface area contributed by atoms with E-state index >= 15 is 0 Å². The molecule has 158 valence electrons. The molecule has 0 aliphatic heterocycles. The molecule has 0 N–H and O–H groups in total. The fourth-order valence-corrected chi connectivity index (χ4v) is 3.21. The molecular formula is C30H27NO. The van der Waals surface area contributed by atoms with Crippen LogP contribution in [-0.2, 0) is 0 Å². The summed E-state index contributed by atoms with van der Waals surface area (Å²) in [5.41, 5.74) is 6.52. The maximum absolute atomic E-state index is 9.05. The van der Waals surface area contributed by atoms with Crippen molar-refractivity contribution in [3.63, 3.8) is 0 Å². The van der Waals surface area contributed by atoms with E-state index in [1.165, 1.54) is 12.8 Å². The molecule has 3 rings (SSSR count). The number of hydrogen-bond acceptors (Lipinski definition) is 2. The SMILES string of the molecule is CCCCCOc1ccc(C#Cc2ccc(C#Cc3ccc(C#N)c(C)c3)c(C)c2)cc1. The van der Waals surface area contributed by atoms with E-state index < -0.39 is 0 Å². The molecule has 0 amide bonds. The molecule has 0 aromatic heterocycles. The van der Waals surface area contributed by atoms with E-state index in [4.69, 9.17) is 10.00 Å². The van der Waals surface area contributed by atoms with Crippen LogP contribution < -0.4 is 4.74 Å². The van der Waals surface area contributed by atoms with Crippen molar-refractivity contribution in [1.82, 2.24) is 0 Å². The zero-order chi connectivity index (χ0) is 22.8. The van der Waals surface area contributed by atoms with E-state index in [9.17, 15) is 0 Å². The summed E-state index contributed by atoms with van der Waals surface area (Å²) in [6, 6.07) is 21.8. The van der Waals surface area contributed by atoms with Crippen LogP contribution in [0.15, 0.2) is 60.7 Å². The van der Waals surface area contributed by atoms with Crippen molar-refractivity contribution in [2.45, 2.75) is 40.0 Å². The molecule has 0 bridgehead atoms. The maximum Gasteiger partial charge on any atom is 0.119 e. The monoisotopic (exact) mass is 417 g/mol. The van der Waals surface area contributed by atoms with E-state index in [2.05, 4.69) is 42.7 Å². The van der Waals surface area contributed by atoms with Gasteiger partial charge in [0.25, 0.3) is 0 Å². The zero-order valence-electron chi connectivity index (χ0n) is 19.0. The Hall–Kier alpha value is -3.93. The fraction of sp³-hybridized carbons (Fsp3) is 0.233. The van der Waals surface area contributed by atoms with Gasteiger partial charge in [-0.25, -0.2) is 0 Å². The summed E-state index contributed by atoms with van der Waals surface area (Å²) >= 11 is 0. The van der Waals surface area contributed by atoms with E-state index in [0.29, 0.717) is 5.56 Å². The summed E-state index contributed by atoms with van der Waals surface area (Å²) in [5.74, 6) is 13.8. The third-order valence-electron chi connectivity index (χ3n) is 5.14. The first kappa shape index (κ1) is 22.7. The number of rotatable bonds is 5. The van der Waals surface area contributed by atoms with Gasteiger partial charge >= 0.3 is 0 Å². The number of unbranched alkanes of at least 4 members (excludes halogenated alkanes) is 2. The van der Waals surface area contributed by atoms with Gasteiger partial charge in [-0.3, -0.25) is 0 Å². The Morgan fingerprint density at radius 3 is 1.84 bits per heavy atom. The summed E-state index contributed by atoms with van der Waals surface area (Å²) in [5, 5.41) is 9.05. The highest BCUT2D eigenvalue weighted by molar-refractivity contribution is 5.52. The normalized spacial score (nSPS) is 9.69. The quantitative estimate of drug-likeness (QED) is 0.349. The highest BCUT2D eigenvalue weighted by Gasteiger charge is 1.99. The molecule has 0 aliphatic carbocycles. The number of nitriles is 1. The van der Waals surface area contributed by atoms with Gasteiger partial charge in [-0.2, -0.15) is 5.26 Å². The number of benzene rings is 3. The molecule has 3 aromatic rings. The van der Waals surface area contributed by atoms with Crippen LogP contribution in [0.4, 0.5) is 0 Å². The van der Waals surface area contributed by atoms with Gasteiger partial charge in [0.1, 0.15) is 5.75 Å². The number of ether oxygens (including phenoxy) is 1. The van der Waals surface area contributed by atoms with Crippen molar-refractivity contribution in [3.05, 3.63) is 99.6 Å². The Kier molecular flexibility index (Phi) is 8.15. The minimum Gasteiger partial charge on any atom is -0.494 e. The summed E-state index contributed by atoms with van der Waals surface area (Å²) in [6.45, 7) is 6.92. The van der Waals surface area contributed by atoms with Crippen LogP contribution >= 0.6 is 0 Å². The third kappa shape index (κ3) is 6.54. The smallest absolute Gasteiger partial charge is 0.119 e. The molecule has 2 nitrogen and oxygen atoms in total. The predicted molar refractivity (Wildman–Crippen MR) is 130 cm³/mol. The fourth-order valence-electron chi connectivity index (χ4n) is 3.21. The van der Waals surface area contributed by atoms with Crippen molar-refractivity contribution in [2.24, 2.45) is 0 Å². The molecule has 0 fully saturated rings. The van der Waals surface area contributed by atoms with E-state index in [-0.39, 0.29) is 0 Å². The van der Waals surface area contributed by atoms with Crippen LogP contribution in [0.3, 0.4) is 0 Å². The molecule has 32 heavy (non-hydrogen) atoms. The third-order valence-corrected chi connectivity index (χ3v) is 5.14. The Morgan fingerprint density at radius 1 is 0.688 bits per heavy atom. The highest BCUT2D eigenvalue weighted by Crippen LogP contribution is 2.14. The summed E-state index contributed by atoms with van der Waals surface area (Å²) in [4.78, 5) is 0. The molecule has 0 aliphatic rings. The maximum atomic E-state index is 9.05. The zero-order valence-corrected chi connectivity index (χ0v) is 19.0. The lowest BCUT2D eigenvalue weighted by atomic mass is 10.0. The molecule has 0 atom stereocenters. The van der Waals surface area contributed by atoms with Crippen LogP contribution in [0.1, 0.15) is 65.1 Å². The van der Waals surface area contributed by atoms with Crippen LogP contribution in [0.25, 0.3) is 0 Å². The number of aryl methyl sites for hydroxylation is 2. The van der Waals surface area contributed by atoms with E-state index in [0.717, 1.165) is 52.2 Å². The highest BCUT2D eigenvalue weighted by atomic mass is 16.5. The van der Waals surface area contributed by atoms with Crippen molar-refractivity contribution >= 4 is 0 Å². The second-order valence-corrected chi connectivity index (χ2v) is 7.75. The first-order valence-electron chi connectivity index (χ1n) is 11.0. The van der Waals surface area contributed by atoms with Gasteiger partial charge in [0, 0.05) is 22.3 Å². The van der Waals surface area contributed by atoms with Gasteiger partial charge < -0.3 is 4.74 Å². The molecule has 0 unspecified atom stereocenters. The van der Waals surface area contributed by atoms with Gasteiger partial charge in [0.2, 0.25) is 0 Å². The average molecular weight is 418 g/mol. The largest absolute Gasteiger partial charge is 0.494 e. The van der Waals surface area contributed by atoms with Crippen molar-refractivity contribution in [2.75, 3.05) is 6.61 Å². The van der Waals surface area contributed by atoms with Gasteiger partial charge in [-0.1, -0.05) is 43.4 Å². The Morgan fingerprint density at radius 2 is 1.25 bits per heavy atom. The van der Waals surface area contributed by atoms with Crippen LogP contribution in [0, 0.1) is 48.9 Å². The second kappa shape index (κ2) is 11.5. The summed E-state index contributed by atoms with van der Waals surface area (Å²) in [6.07, 6.45) is 3.48. The molecule has 0 heterocycles.